The summed E-state index contributed by atoms with van der Waals surface area (Å²) < 4.78 is 130. The molecule has 0 aliphatic carbocycles. The minimum absolute atomic E-state index is 0.157. The van der Waals surface area contributed by atoms with Gasteiger partial charge in [0, 0.05) is 37.3 Å². The van der Waals surface area contributed by atoms with Gasteiger partial charge in [0.1, 0.15) is 55.4 Å². The standard InChI is InChI=1S/C26H38N2O10S.C18H32N2O8S/c1-24(2)35-19-18(34-22-21(20(19)36-24)37-25(3,4)38-22)16-33-39(30,31)28-13-11-26(5,12-14-28)27-23(29)32-15-17-9-7-6-8-10-17;1-16(2)25-12-11(24-15-14(13(12)26-16)27-17(3,4)28-15)10-23-29(21,22)20-8-6-18(5,19)7-9-20/h6-10,18-22H,11-16H2,1-5H3,(H,27,29);11-15H,6-10,19H2,1-5H3/t18-,19+,20+,21-,22-;11-,12+,13+,14-,15-/m11/s1. The summed E-state index contributed by atoms with van der Waals surface area (Å²) in [5.74, 6) is -3.45. The fourth-order valence-corrected chi connectivity index (χ4v) is 11.8. The van der Waals surface area contributed by atoms with Gasteiger partial charge in [0.15, 0.2) is 35.7 Å². The maximum absolute atomic E-state index is 13.1. The molecule has 22 nitrogen and oxygen atoms in total. The lowest BCUT2D eigenvalue weighted by Gasteiger charge is -2.39. The first kappa shape index (κ1) is 52.1. The number of rotatable bonds is 11. The molecule has 0 radical (unpaired) electrons. The highest BCUT2D eigenvalue weighted by molar-refractivity contribution is 7.84. The number of alkyl carbamates (subject to hydrolysis) is 1. The summed E-state index contributed by atoms with van der Waals surface area (Å²) in [6, 6.07) is 9.38. The Bertz CT molecular complexity index is 2160. The number of piperidine rings is 2. The van der Waals surface area contributed by atoms with Gasteiger partial charge in [0.2, 0.25) is 0 Å². The molecule has 8 saturated heterocycles. The largest absolute Gasteiger partial charge is 0.445 e. The number of hydrogen-bond acceptors (Lipinski definition) is 19. The smallest absolute Gasteiger partial charge is 0.407 e. The average Bonchev–Trinajstić information content (AvgIpc) is 3.95. The van der Waals surface area contributed by atoms with Gasteiger partial charge in [-0.05, 0) is 100 Å². The molecular formula is C44H70N4O18S2. The molecule has 1 aromatic carbocycles. The fourth-order valence-electron chi connectivity index (χ4n) is 9.66. The number of benzene rings is 1. The lowest BCUT2D eigenvalue weighted by molar-refractivity contribution is -0.238. The summed E-state index contributed by atoms with van der Waals surface area (Å²) in [6.07, 6.45) is -4.49. The molecule has 8 aliphatic rings. The lowest BCUT2D eigenvalue weighted by atomic mass is 9.91. The van der Waals surface area contributed by atoms with Gasteiger partial charge >= 0.3 is 26.7 Å². The monoisotopic (exact) mass is 1010 g/mol. The molecule has 0 saturated carbocycles. The molecule has 0 bridgehead atoms. The predicted octanol–water partition coefficient (Wildman–Crippen LogP) is 2.88. The van der Waals surface area contributed by atoms with Crippen molar-refractivity contribution in [2.75, 3.05) is 39.4 Å². The zero-order valence-corrected chi connectivity index (χ0v) is 42.2. The van der Waals surface area contributed by atoms with Crippen molar-refractivity contribution in [2.45, 2.75) is 197 Å². The maximum Gasteiger partial charge on any atom is 0.407 e. The zero-order chi connectivity index (χ0) is 49.3. The van der Waals surface area contributed by atoms with Crippen LogP contribution in [0.3, 0.4) is 0 Å². The van der Waals surface area contributed by atoms with Crippen LogP contribution >= 0.6 is 0 Å². The molecular weight excluding hydrogens is 937 g/mol. The zero-order valence-electron chi connectivity index (χ0n) is 40.6. The van der Waals surface area contributed by atoms with E-state index in [0.717, 1.165) is 5.56 Å². The van der Waals surface area contributed by atoms with Gasteiger partial charge in [-0.2, -0.15) is 25.4 Å². The Balaban J connectivity index is 0.000000192. The van der Waals surface area contributed by atoms with Crippen LogP contribution in [-0.4, -0.2) is 167 Å². The number of carbonyl (C=O) groups is 1. The third-order valence-corrected chi connectivity index (χ3v) is 16.1. The second-order valence-electron chi connectivity index (χ2n) is 21.1. The summed E-state index contributed by atoms with van der Waals surface area (Å²) in [4.78, 5) is 12.4. The number of carbonyl (C=O) groups excluding carboxylic acids is 1. The van der Waals surface area contributed by atoms with Crippen molar-refractivity contribution in [1.29, 1.82) is 0 Å². The summed E-state index contributed by atoms with van der Waals surface area (Å²) in [6.45, 7) is 18.8. The van der Waals surface area contributed by atoms with Crippen LogP contribution in [0.2, 0.25) is 0 Å². The molecule has 1 amide bonds. The molecule has 10 atom stereocenters. The van der Waals surface area contributed by atoms with Crippen LogP contribution in [-0.2, 0) is 87.7 Å². The van der Waals surface area contributed by atoms with Crippen molar-refractivity contribution in [3.05, 3.63) is 35.9 Å². The highest BCUT2D eigenvalue weighted by Gasteiger charge is 2.62. The highest BCUT2D eigenvalue weighted by atomic mass is 32.2. The number of amides is 1. The molecule has 8 fully saturated rings. The summed E-state index contributed by atoms with van der Waals surface area (Å²) in [7, 11) is -7.98. The van der Waals surface area contributed by atoms with Crippen molar-refractivity contribution in [1.82, 2.24) is 13.9 Å². The van der Waals surface area contributed by atoms with E-state index in [9.17, 15) is 21.6 Å². The van der Waals surface area contributed by atoms with E-state index in [4.69, 9.17) is 66.2 Å². The van der Waals surface area contributed by atoms with Crippen molar-refractivity contribution in [3.63, 3.8) is 0 Å². The molecule has 0 unspecified atom stereocenters. The van der Waals surface area contributed by atoms with Gasteiger partial charge in [-0.15, -0.1) is 0 Å². The Labute approximate surface area is 399 Å². The first-order chi connectivity index (χ1) is 31.5. The Hall–Kier alpha value is -2.21. The van der Waals surface area contributed by atoms with Crippen molar-refractivity contribution in [3.8, 4) is 0 Å². The van der Waals surface area contributed by atoms with Gasteiger partial charge in [-0.25, -0.2) is 4.79 Å². The fraction of sp³-hybridized carbons (Fsp3) is 0.841. The van der Waals surface area contributed by atoms with Gasteiger partial charge < -0.3 is 63.2 Å². The van der Waals surface area contributed by atoms with E-state index >= 15 is 0 Å². The van der Waals surface area contributed by atoms with E-state index < -0.39 is 117 Å². The molecule has 8 heterocycles. The minimum Gasteiger partial charge on any atom is -0.445 e. The number of nitrogens with one attached hydrogen (secondary N) is 1. The molecule has 0 aromatic heterocycles. The molecule has 9 rings (SSSR count). The van der Waals surface area contributed by atoms with Gasteiger partial charge in [0.05, 0.1) is 13.2 Å². The van der Waals surface area contributed by atoms with Crippen LogP contribution in [0.5, 0.6) is 0 Å². The normalized spacial score (nSPS) is 36.6. The Morgan fingerprint density at radius 1 is 0.588 bits per heavy atom. The van der Waals surface area contributed by atoms with Gasteiger partial charge in [-0.3, -0.25) is 8.37 Å². The topological polar surface area (TPSA) is 250 Å². The molecule has 386 valence electrons. The van der Waals surface area contributed by atoms with Crippen LogP contribution in [0, 0.1) is 0 Å². The molecule has 0 spiro atoms. The van der Waals surface area contributed by atoms with E-state index in [-0.39, 0.29) is 38.4 Å². The minimum atomic E-state index is -4.07. The van der Waals surface area contributed by atoms with Crippen LogP contribution in [0.1, 0.15) is 100 Å². The van der Waals surface area contributed by atoms with Crippen LogP contribution in [0.15, 0.2) is 30.3 Å². The second kappa shape index (κ2) is 19.0. The maximum atomic E-state index is 13.1. The molecule has 3 N–H and O–H groups in total. The number of nitrogens with zero attached hydrogens (tertiary/aromatic N) is 2. The first-order valence-corrected chi connectivity index (χ1v) is 26.0. The number of nitrogens with two attached hydrogens (primary N) is 1. The highest BCUT2D eigenvalue weighted by Crippen LogP contribution is 2.46. The first-order valence-electron chi connectivity index (χ1n) is 23.3. The Kier molecular flexibility index (Phi) is 14.6. The SMILES string of the molecule is CC1(N)CCN(S(=O)(=O)OC[C@H]2O[C@@H]3OC(C)(C)O[C@@H]3[C@H]3OC(C)(C)O[C@H]32)CC1.CC1(NC(=O)OCc2ccccc2)CCN(S(=O)(=O)OC[C@H]2O[C@@H]3OC(C)(C)O[C@@H]3[C@H]3OC(C)(C)O[C@H]32)CC1. The summed E-state index contributed by atoms with van der Waals surface area (Å²) in [5.41, 5.74) is 6.01. The Morgan fingerprint density at radius 2 is 0.971 bits per heavy atom. The predicted molar refractivity (Wildman–Crippen MR) is 237 cm³/mol. The Morgan fingerprint density at radius 3 is 1.41 bits per heavy atom. The van der Waals surface area contributed by atoms with Crippen LogP contribution < -0.4 is 11.1 Å². The second-order valence-corrected chi connectivity index (χ2v) is 24.3. The molecule has 1 aromatic rings. The average molecular weight is 1010 g/mol. The summed E-state index contributed by atoms with van der Waals surface area (Å²) in [5, 5.41) is 2.88. The number of fused-ring (bicyclic) bond motifs is 6. The van der Waals surface area contributed by atoms with E-state index in [2.05, 4.69) is 5.32 Å². The third-order valence-electron chi connectivity index (χ3n) is 13.2. The van der Waals surface area contributed by atoms with Gasteiger partial charge in [0.25, 0.3) is 0 Å². The van der Waals surface area contributed by atoms with E-state index in [1.165, 1.54) is 8.61 Å². The van der Waals surface area contributed by atoms with Crippen molar-refractivity contribution >= 4 is 26.7 Å². The number of hydrogen-bond donors (Lipinski definition) is 2. The molecule has 24 heteroatoms. The lowest BCUT2D eigenvalue weighted by Crippen LogP contribution is -2.57. The van der Waals surface area contributed by atoms with E-state index in [0.29, 0.717) is 38.8 Å². The van der Waals surface area contributed by atoms with Crippen molar-refractivity contribution in [2.24, 2.45) is 5.73 Å². The molecule has 68 heavy (non-hydrogen) atoms. The third kappa shape index (κ3) is 12.2. The van der Waals surface area contributed by atoms with Crippen LogP contribution in [0.4, 0.5) is 4.79 Å². The van der Waals surface area contributed by atoms with E-state index in [1.54, 1.807) is 55.4 Å². The quantitative estimate of drug-likeness (QED) is 0.323. The molecule has 8 aliphatic heterocycles. The van der Waals surface area contributed by atoms with Crippen LogP contribution in [0.25, 0.3) is 0 Å². The van der Waals surface area contributed by atoms with Crippen molar-refractivity contribution < 1.29 is 82.1 Å². The van der Waals surface area contributed by atoms with E-state index in [1.807, 2.05) is 44.2 Å². The summed E-state index contributed by atoms with van der Waals surface area (Å²) >= 11 is 0. The van der Waals surface area contributed by atoms with Gasteiger partial charge in [-0.1, -0.05) is 30.3 Å². The number of ether oxygens (including phenoxy) is 11.